The SMILES string of the molecule is Cc1cc(C)c2ccc(C=Cc3cccc(C#N)c3)nc2c1O. The number of benzene rings is 2. The Balaban J connectivity index is 2.02. The molecule has 3 aromatic rings. The molecule has 0 saturated carbocycles. The third-order valence-electron chi connectivity index (χ3n) is 3.83. The first-order valence-corrected chi connectivity index (χ1v) is 7.36. The number of hydrogen-bond donors (Lipinski definition) is 1. The van der Waals surface area contributed by atoms with Gasteiger partial charge in [0.05, 0.1) is 17.3 Å². The van der Waals surface area contributed by atoms with Crippen LogP contribution in [0.5, 0.6) is 5.75 Å². The third-order valence-corrected chi connectivity index (χ3v) is 3.83. The number of phenolic OH excluding ortho intramolecular Hbond substituents is 1. The lowest BCUT2D eigenvalue weighted by molar-refractivity contribution is 0.476. The Kier molecular flexibility index (Phi) is 3.82. The topological polar surface area (TPSA) is 56.9 Å². The van der Waals surface area contributed by atoms with Crippen LogP contribution in [0, 0.1) is 25.2 Å². The summed E-state index contributed by atoms with van der Waals surface area (Å²) < 4.78 is 0. The van der Waals surface area contributed by atoms with Crippen molar-refractivity contribution in [3.8, 4) is 11.8 Å². The highest BCUT2D eigenvalue weighted by Crippen LogP contribution is 2.29. The Labute approximate surface area is 135 Å². The summed E-state index contributed by atoms with van der Waals surface area (Å²) >= 11 is 0. The summed E-state index contributed by atoms with van der Waals surface area (Å²) in [6.45, 7) is 3.89. The van der Waals surface area contributed by atoms with Gasteiger partial charge in [0, 0.05) is 5.39 Å². The molecular formula is C20H16N2O. The van der Waals surface area contributed by atoms with Crippen molar-refractivity contribution in [1.82, 2.24) is 4.98 Å². The van der Waals surface area contributed by atoms with Gasteiger partial charge in [-0.25, -0.2) is 4.98 Å². The zero-order chi connectivity index (χ0) is 16.4. The summed E-state index contributed by atoms with van der Waals surface area (Å²) in [4.78, 5) is 4.55. The molecule has 0 unspecified atom stereocenters. The van der Waals surface area contributed by atoms with E-state index in [4.69, 9.17) is 5.26 Å². The predicted octanol–water partition coefficient (Wildman–Crippen LogP) is 4.60. The highest BCUT2D eigenvalue weighted by molar-refractivity contribution is 5.89. The summed E-state index contributed by atoms with van der Waals surface area (Å²) in [6, 6.07) is 15.4. The van der Waals surface area contributed by atoms with Gasteiger partial charge in [0.25, 0.3) is 0 Å². The fourth-order valence-electron chi connectivity index (χ4n) is 2.62. The molecule has 1 heterocycles. The second kappa shape index (κ2) is 5.94. The summed E-state index contributed by atoms with van der Waals surface area (Å²) in [5, 5.41) is 20.1. The van der Waals surface area contributed by atoms with Gasteiger partial charge < -0.3 is 5.11 Å². The largest absolute Gasteiger partial charge is 0.505 e. The van der Waals surface area contributed by atoms with E-state index < -0.39 is 0 Å². The molecule has 0 amide bonds. The average Bonchev–Trinajstić information content (AvgIpc) is 2.58. The van der Waals surface area contributed by atoms with Crippen LogP contribution < -0.4 is 0 Å². The molecule has 1 N–H and O–H groups in total. The van der Waals surface area contributed by atoms with Gasteiger partial charge >= 0.3 is 0 Å². The van der Waals surface area contributed by atoms with Crippen molar-refractivity contribution in [3.05, 3.63) is 70.4 Å². The van der Waals surface area contributed by atoms with Gasteiger partial charge in [0.1, 0.15) is 11.3 Å². The van der Waals surface area contributed by atoms with Crippen molar-refractivity contribution < 1.29 is 5.11 Å². The molecule has 0 bridgehead atoms. The van der Waals surface area contributed by atoms with Crippen molar-refractivity contribution in [3.63, 3.8) is 0 Å². The predicted molar refractivity (Wildman–Crippen MR) is 93.0 cm³/mol. The number of pyridine rings is 1. The zero-order valence-corrected chi connectivity index (χ0v) is 13.0. The van der Waals surface area contributed by atoms with Crippen molar-refractivity contribution in [2.45, 2.75) is 13.8 Å². The first-order chi connectivity index (χ1) is 11.1. The molecule has 112 valence electrons. The van der Waals surface area contributed by atoms with Crippen molar-refractivity contribution >= 4 is 23.1 Å². The standard InChI is InChI=1S/C20H16N2O/c1-13-10-14(2)20(23)19-18(13)9-8-17(22-19)7-6-15-4-3-5-16(11-15)12-21/h3-11,23H,1-2H3. The van der Waals surface area contributed by atoms with Gasteiger partial charge in [0.15, 0.2) is 0 Å². The van der Waals surface area contributed by atoms with E-state index >= 15 is 0 Å². The van der Waals surface area contributed by atoms with Crippen molar-refractivity contribution in [2.75, 3.05) is 0 Å². The Morgan fingerprint density at radius 3 is 2.65 bits per heavy atom. The third kappa shape index (κ3) is 2.93. The minimum absolute atomic E-state index is 0.229. The highest BCUT2D eigenvalue weighted by atomic mass is 16.3. The molecule has 0 aliphatic rings. The average molecular weight is 300 g/mol. The molecule has 1 aromatic heterocycles. The molecule has 0 aliphatic carbocycles. The molecule has 3 nitrogen and oxygen atoms in total. The molecule has 0 saturated heterocycles. The molecule has 0 aliphatic heterocycles. The van der Waals surface area contributed by atoms with E-state index in [1.165, 1.54) is 0 Å². The van der Waals surface area contributed by atoms with Crippen LogP contribution in [0.2, 0.25) is 0 Å². The lowest BCUT2D eigenvalue weighted by Gasteiger charge is -2.07. The number of rotatable bonds is 2. The van der Waals surface area contributed by atoms with E-state index in [-0.39, 0.29) is 5.75 Å². The van der Waals surface area contributed by atoms with E-state index in [1.807, 2.05) is 62.4 Å². The maximum absolute atomic E-state index is 10.2. The number of phenols is 1. The monoisotopic (exact) mass is 300 g/mol. The number of fused-ring (bicyclic) bond motifs is 1. The van der Waals surface area contributed by atoms with Crippen LogP contribution in [-0.2, 0) is 0 Å². The first kappa shape index (κ1) is 14.8. The van der Waals surface area contributed by atoms with Gasteiger partial charge in [-0.2, -0.15) is 5.26 Å². The van der Waals surface area contributed by atoms with E-state index in [1.54, 1.807) is 6.07 Å². The Morgan fingerprint density at radius 2 is 1.87 bits per heavy atom. The first-order valence-electron chi connectivity index (χ1n) is 7.36. The summed E-state index contributed by atoms with van der Waals surface area (Å²) in [5.41, 5.74) is 4.87. The number of aromatic nitrogens is 1. The van der Waals surface area contributed by atoms with Gasteiger partial charge in [-0.15, -0.1) is 0 Å². The molecule has 3 heteroatoms. The molecular weight excluding hydrogens is 284 g/mol. The van der Waals surface area contributed by atoms with Gasteiger partial charge in [-0.1, -0.05) is 30.3 Å². The molecule has 0 atom stereocenters. The van der Waals surface area contributed by atoms with Gasteiger partial charge in [-0.05, 0) is 54.8 Å². The van der Waals surface area contributed by atoms with Crippen LogP contribution in [0.3, 0.4) is 0 Å². The van der Waals surface area contributed by atoms with Crippen LogP contribution >= 0.6 is 0 Å². The molecule has 2 aromatic carbocycles. The van der Waals surface area contributed by atoms with Crippen LogP contribution in [0.1, 0.15) is 27.9 Å². The number of aromatic hydroxyl groups is 1. The molecule has 3 rings (SSSR count). The number of nitrogens with zero attached hydrogens (tertiary/aromatic N) is 2. The molecule has 0 radical (unpaired) electrons. The second-order valence-electron chi connectivity index (χ2n) is 5.56. The van der Waals surface area contributed by atoms with E-state index in [0.717, 1.165) is 27.8 Å². The van der Waals surface area contributed by atoms with Crippen LogP contribution in [0.4, 0.5) is 0 Å². The smallest absolute Gasteiger partial charge is 0.144 e. The minimum atomic E-state index is 0.229. The fraction of sp³-hybridized carbons (Fsp3) is 0.100. The summed E-state index contributed by atoms with van der Waals surface area (Å²) in [7, 11) is 0. The van der Waals surface area contributed by atoms with E-state index in [0.29, 0.717) is 11.1 Å². The van der Waals surface area contributed by atoms with Crippen molar-refractivity contribution in [1.29, 1.82) is 5.26 Å². The number of hydrogen-bond acceptors (Lipinski definition) is 3. The maximum atomic E-state index is 10.2. The lowest BCUT2D eigenvalue weighted by atomic mass is 10.0. The number of aryl methyl sites for hydroxylation is 2. The van der Waals surface area contributed by atoms with Crippen LogP contribution in [-0.4, -0.2) is 10.1 Å². The Bertz CT molecular complexity index is 965. The fourth-order valence-corrected chi connectivity index (χ4v) is 2.62. The number of nitriles is 1. The van der Waals surface area contributed by atoms with Crippen LogP contribution in [0.25, 0.3) is 23.1 Å². The normalized spacial score (nSPS) is 11.0. The lowest BCUT2D eigenvalue weighted by Crippen LogP contribution is -1.89. The van der Waals surface area contributed by atoms with E-state index in [9.17, 15) is 5.11 Å². The zero-order valence-electron chi connectivity index (χ0n) is 13.0. The quantitative estimate of drug-likeness (QED) is 0.752. The minimum Gasteiger partial charge on any atom is -0.505 e. The molecule has 23 heavy (non-hydrogen) atoms. The second-order valence-corrected chi connectivity index (χ2v) is 5.56. The van der Waals surface area contributed by atoms with Gasteiger partial charge in [-0.3, -0.25) is 0 Å². The maximum Gasteiger partial charge on any atom is 0.144 e. The van der Waals surface area contributed by atoms with Crippen molar-refractivity contribution in [2.24, 2.45) is 0 Å². The molecule has 0 fully saturated rings. The Hall–Kier alpha value is -3.12. The Morgan fingerprint density at radius 1 is 1.04 bits per heavy atom. The van der Waals surface area contributed by atoms with E-state index in [2.05, 4.69) is 11.1 Å². The summed E-state index contributed by atoms with van der Waals surface area (Å²) in [5.74, 6) is 0.229. The highest BCUT2D eigenvalue weighted by Gasteiger charge is 2.08. The van der Waals surface area contributed by atoms with Gasteiger partial charge in [0.2, 0.25) is 0 Å². The molecule has 0 spiro atoms. The summed E-state index contributed by atoms with van der Waals surface area (Å²) in [6.07, 6.45) is 3.79. The van der Waals surface area contributed by atoms with Crippen LogP contribution in [0.15, 0.2) is 42.5 Å².